The summed E-state index contributed by atoms with van der Waals surface area (Å²) in [6, 6.07) is 0.00199. The van der Waals surface area contributed by atoms with E-state index in [1.807, 2.05) is 4.90 Å². The van der Waals surface area contributed by atoms with Gasteiger partial charge in [0.05, 0.1) is 0 Å². The van der Waals surface area contributed by atoms with E-state index < -0.39 is 0 Å². The zero-order valence-corrected chi connectivity index (χ0v) is 10.3. The summed E-state index contributed by atoms with van der Waals surface area (Å²) in [5.41, 5.74) is 0.127. The summed E-state index contributed by atoms with van der Waals surface area (Å²) in [5, 5.41) is 5.60. The molecule has 0 radical (unpaired) electrons. The van der Waals surface area contributed by atoms with Crippen molar-refractivity contribution in [2.24, 2.45) is 5.41 Å². The van der Waals surface area contributed by atoms with Crippen LogP contribution in [0.5, 0.6) is 0 Å². The lowest BCUT2D eigenvalue weighted by atomic mass is 9.91. The van der Waals surface area contributed by atoms with Crippen molar-refractivity contribution in [1.82, 2.24) is 15.5 Å². The quantitative estimate of drug-likeness (QED) is 0.690. The molecule has 1 saturated heterocycles. The van der Waals surface area contributed by atoms with Gasteiger partial charge >= 0.3 is 6.03 Å². The lowest BCUT2D eigenvalue weighted by Gasteiger charge is -2.38. The van der Waals surface area contributed by atoms with Gasteiger partial charge in [0.2, 0.25) is 5.91 Å². The standard InChI is InChI=1S/C11H21N3O2/c1-9(15)12-5-4-6-14-8-11(2,3)7-13-10(14)16/h4-8H2,1-3H3,(H,12,15)(H,13,16). The van der Waals surface area contributed by atoms with Gasteiger partial charge in [-0.3, -0.25) is 4.79 Å². The number of carbonyl (C=O) groups is 2. The lowest BCUT2D eigenvalue weighted by Crippen LogP contribution is -2.55. The minimum absolute atomic E-state index is 0.00199. The van der Waals surface area contributed by atoms with E-state index in [2.05, 4.69) is 24.5 Å². The number of carbonyl (C=O) groups excluding carboxylic acids is 2. The molecule has 5 heteroatoms. The highest BCUT2D eigenvalue weighted by atomic mass is 16.2. The first-order chi connectivity index (χ1) is 7.41. The van der Waals surface area contributed by atoms with Crippen molar-refractivity contribution in [3.8, 4) is 0 Å². The average Bonchev–Trinajstić information content (AvgIpc) is 2.17. The van der Waals surface area contributed by atoms with E-state index in [9.17, 15) is 9.59 Å². The molecule has 0 aliphatic carbocycles. The van der Waals surface area contributed by atoms with Crippen LogP contribution in [0, 0.1) is 5.41 Å². The highest BCUT2D eigenvalue weighted by Crippen LogP contribution is 2.19. The fourth-order valence-corrected chi connectivity index (χ4v) is 1.79. The van der Waals surface area contributed by atoms with Crippen LogP contribution in [0.1, 0.15) is 27.2 Å². The summed E-state index contributed by atoms with van der Waals surface area (Å²) in [7, 11) is 0. The predicted octanol–water partition coefficient (Wildman–Crippen LogP) is 0.564. The Morgan fingerprint density at radius 2 is 2.25 bits per heavy atom. The van der Waals surface area contributed by atoms with Gasteiger partial charge in [-0.2, -0.15) is 0 Å². The van der Waals surface area contributed by atoms with Gasteiger partial charge in [0, 0.05) is 33.1 Å². The molecule has 0 atom stereocenters. The number of nitrogens with one attached hydrogen (secondary N) is 2. The predicted molar refractivity (Wildman–Crippen MR) is 62.1 cm³/mol. The minimum atomic E-state index is -0.0246. The Labute approximate surface area is 96.6 Å². The average molecular weight is 227 g/mol. The number of hydrogen-bond donors (Lipinski definition) is 2. The van der Waals surface area contributed by atoms with E-state index >= 15 is 0 Å². The van der Waals surface area contributed by atoms with Gasteiger partial charge in [0.1, 0.15) is 0 Å². The molecule has 0 saturated carbocycles. The third kappa shape index (κ3) is 4.08. The second kappa shape index (κ2) is 5.18. The first-order valence-corrected chi connectivity index (χ1v) is 5.68. The maximum Gasteiger partial charge on any atom is 0.317 e. The molecular weight excluding hydrogens is 206 g/mol. The largest absolute Gasteiger partial charge is 0.356 e. The van der Waals surface area contributed by atoms with Gasteiger partial charge < -0.3 is 15.5 Å². The Morgan fingerprint density at radius 3 is 2.88 bits per heavy atom. The van der Waals surface area contributed by atoms with Gasteiger partial charge in [-0.15, -0.1) is 0 Å². The fourth-order valence-electron chi connectivity index (χ4n) is 1.79. The molecule has 16 heavy (non-hydrogen) atoms. The van der Waals surface area contributed by atoms with Gasteiger partial charge in [-0.1, -0.05) is 13.8 Å². The third-order valence-electron chi connectivity index (χ3n) is 2.60. The van der Waals surface area contributed by atoms with Crippen molar-refractivity contribution in [3.05, 3.63) is 0 Å². The number of hydrogen-bond acceptors (Lipinski definition) is 2. The highest BCUT2D eigenvalue weighted by Gasteiger charge is 2.30. The molecule has 92 valence electrons. The maximum absolute atomic E-state index is 11.5. The van der Waals surface area contributed by atoms with Crippen molar-refractivity contribution < 1.29 is 9.59 Å². The van der Waals surface area contributed by atoms with Crippen LogP contribution in [0.25, 0.3) is 0 Å². The first kappa shape index (κ1) is 12.8. The van der Waals surface area contributed by atoms with Crippen LogP contribution in [0.2, 0.25) is 0 Å². The topological polar surface area (TPSA) is 61.4 Å². The molecule has 2 N–H and O–H groups in total. The molecule has 1 heterocycles. The molecule has 0 bridgehead atoms. The number of rotatable bonds is 4. The van der Waals surface area contributed by atoms with Crippen LogP contribution in [-0.4, -0.2) is 43.0 Å². The molecule has 0 spiro atoms. The number of amides is 3. The Morgan fingerprint density at radius 1 is 1.56 bits per heavy atom. The van der Waals surface area contributed by atoms with E-state index in [1.54, 1.807) is 0 Å². The Balaban J connectivity index is 2.29. The van der Waals surface area contributed by atoms with Crippen LogP contribution < -0.4 is 10.6 Å². The molecule has 0 aromatic heterocycles. The van der Waals surface area contributed by atoms with E-state index in [0.717, 1.165) is 19.5 Å². The monoisotopic (exact) mass is 227 g/mol. The molecule has 3 amide bonds. The van der Waals surface area contributed by atoms with Crippen LogP contribution in [-0.2, 0) is 4.79 Å². The molecule has 0 unspecified atom stereocenters. The summed E-state index contributed by atoms with van der Waals surface area (Å²) >= 11 is 0. The van der Waals surface area contributed by atoms with Gasteiger partial charge in [0.25, 0.3) is 0 Å². The Hall–Kier alpha value is -1.26. The van der Waals surface area contributed by atoms with Crippen molar-refractivity contribution in [1.29, 1.82) is 0 Å². The van der Waals surface area contributed by atoms with E-state index in [1.165, 1.54) is 6.92 Å². The Kier molecular flexibility index (Phi) is 4.15. The molecule has 1 aliphatic rings. The summed E-state index contributed by atoms with van der Waals surface area (Å²) in [5.74, 6) is -0.0246. The van der Waals surface area contributed by atoms with Crippen molar-refractivity contribution >= 4 is 11.9 Å². The summed E-state index contributed by atoms with van der Waals surface area (Å²) in [6.07, 6.45) is 0.795. The zero-order valence-electron chi connectivity index (χ0n) is 10.3. The van der Waals surface area contributed by atoms with Gasteiger partial charge in [-0.05, 0) is 11.8 Å². The molecule has 1 rings (SSSR count). The third-order valence-corrected chi connectivity index (χ3v) is 2.60. The second-order valence-corrected chi connectivity index (χ2v) is 5.08. The molecule has 0 aromatic rings. The summed E-state index contributed by atoms with van der Waals surface area (Å²) < 4.78 is 0. The van der Waals surface area contributed by atoms with Crippen molar-refractivity contribution in [2.75, 3.05) is 26.2 Å². The highest BCUT2D eigenvalue weighted by molar-refractivity contribution is 5.75. The van der Waals surface area contributed by atoms with E-state index in [0.29, 0.717) is 13.1 Å². The minimum Gasteiger partial charge on any atom is -0.356 e. The van der Waals surface area contributed by atoms with Crippen LogP contribution in [0.3, 0.4) is 0 Å². The maximum atomic E-state index is 11.5. The lowest BCUT2D eigenvalue weighted by molar-refractivity contribution is -0.118. The zero-order chi connectivity index (χ0) is 12.2. The smallest absolute Gasteiger partial charge is 0.317 e. The number of nitrogens with zero attached hydrogens (tertiary/aromatic N) is 1. The van der Waals surface area contributed by atoms with Crippen LogP contribution >= 0.6 is 0 Å². The van der Waals surface area contributed by atoms with Crippen molar-refractivity contribution in [3.63, 3.8) is 0 Å². The molecule has 1 fully saturated rings. The summed E-state index contributed by atoms with van der Waals surface area (Å²) in [4.78, 5) is 24.0. The second-order valence-electron chi connectivity index (χ2n) is 5.08. The molecule has 0 aromatic carbocycles. The molecule has 5 nitrogen and oxygen atoms in total. The van der Waals surface area contributed by atoms with E-state index in [4.69, 9.17) is 0 Å². The van der Waals surface area contributed by atoms with Crippen LogP contribution in [0.15, 0.2) is 0 Å². The first-order valence-electron chi connectivity index (χ1n) is 5.68. The number of urea groups is 1. The van der Waals surface area contributed by atoms with Gasteiger partial charge in [0.15, 0.2) is 0 Å². The summed E-state index contributed by atoms with van der Waals surface area (Å²) in [6.45, 7) is 8.58. The molecular formula is C11H21N3O2. The molecule has 1 aliphatic heterocycles. The Bertz CT molecular complexity index is 276. The SMILES string of the molecule is CC(=O)NCCCN1CC(C)(C)CNC1=O. The van der Waals surface area contributed by atoms with Crippen LogP contribution in [0.4, 0.5) is 4.79 Å². The van der Waals surface area contributed by atoms with Crippen molar-refractivity contribution in [2.45, 2.75) is 27.2 Å². The van der Waals surface area contributed by atoms with E-state index in [-0.39, 0.29) is 17.4 Å². The van der Waals surface area contributed by atoms with Gasteiger partial charge in [-0.25, -0.2) is 4.79 Å². The normalized spacial score (nSPS) is 19.2. The fraction of sp³-hybridized carbons (Fsp3) is 0.818.